The molecule has 0 radical (unpaired) electrons. The highest BCUT2D eigenvalue weighted by Gasteiger charge is 2.13. The lowest BCUT2D eigenvalue weighted by Gasteiger charge is -2.04. The number of H-pyrrole nitrogens is 2. The second kappa shape index (κ2) is 7.29. The number of nitrogens with one attached hydrogen (secondary N) is 2. The maximum absolute atomic E-state index is 13.5. The fourth-order valence-corrected chi connectivity index (χ4v) is 4.26. The van der Waals surface area contributed by atoms with Crippen LogP contribution in [0.15, 0.2) is 60.7 Å². The Hall–Kier alpha value is -3.57. The summed E-state index contributed by atoms with van der Waals surface area (Å²) in [6.07, 6.45) is 0.577. The predicted octanol–water partition coefficient (Wildman–Crippen LogP) is 6.71. The Labute approximate surface area is 182 Å². The van der Waals surface area contributed by atoms with Crippen molar-refractivity contribution in [3.63, 3.8) is 0 Å². The van der Waals surface area contributed by atoms with Crippen molar-refractivity contribution >= 4 is 39.4 Å². The lowest BCUT2D eigenvalue weighted by atomic mass is 10.0. The van der Waals surface area contributed by atoms with Crippen molar-refractivity contribution in [2.75, 3.05) is 0 Å². The summed E-state index contributed by atoms with van der Waals surface area (Å²) < 4.78 is 13.5. The van der Waals surface area contributed by atoms with Crippen LogP contribution in [0.3, 0.4) is 0 Å². The quantitative estimate of drug-likeness (QED) is 0.295. The number of aromatic carboxylic acids is 1. The normalized spacial score (nSPS) is 11.5. The number of aryl methyl sites for hydroxylation is 1. The van der Waals surface area contributed by atoms with Crippen LogP contribution in [-0.2, 0) is 6.42 Å². The first kappa shape index (κ1) is 19.4. The molecule has 0 aliphatic heterocycles. The van der Waals surface area contributed by atoms with Crippen molar-refractivity contribution in [2.24, 2.45) is 0 Å². The van der Waals surface area contributed by atoms with Gasteiger partial charge in [0.15, 0.2) is 0 Å². The number of carboxylic acid groups (broad SMARTS) is 1. The van der Waals surface area contributed by atoms with Crippen LogP contribution < -0.4 is 0 Å². The van der Waals surface area contributed by atoms with Gasteiger partial charge in [0.2, 0.25) is 0 Å². The summed E-state index contributed by atoms with van der Waals surface area (Å²) in [5, 5.41) is 11.7. The molecule has 0 unspecified atom stereocenters. The van der Waals surface area contributed by atoms with Crippen LogP contribution in [0.2, 0.25) is 5.02 Å². The van der Waals surface area contributed by atoms with Crippen molar-refractivity contribution in [3.05, 3.63) is 93.9 Å². The van der Waals surface area contributed by atoms with Crippen LogP contribution in [0.25, 0.3) is 33.1 Å². The smallest absolute Gasteiger partial charge is 0.335 e. The molecular weight excluding hydrogens is 415 g/mol. The lowest BCUT2D eigenvalue weighted by Crippen LogP contribution is -2.01. The first-order valence-corrected chi connectivity index (χ1v) is 10.2. The van der Waals surface area contributed by atoms with Gasteiger partial charge in [-0.3, -0.25) is 0 Å². The Morgan fingerprint density at radius 1 is 0.968 bits per heavy atom. The molecule has 4 nitrogen and oxygen atoms in total. The first-order chi connectivity index (χ1) is 14.9. The van der Waals surface area contributed by atoms with E-state index in [0.717, 1.165) is 49.9 Å². The SMILES string of the molecule is Cc1ccc(Cc2cc3cc(-c4cc5cc(F)ccc5[nH]4)c(Cl)cc3[nH]2)cc1C(=O)O. The summed E-state index contributed by atoms with van der Waals surface area (Å²) >= 11 is 6.56. The maximum Gasteiger partial charge on any atom is 0.335 e. The monoisotopic (exact) mass is 432 g/mol. The van der Waals surface area contributed by atoms with Gasteiger partial charge in [-0.1, -0.05) is 23.7 Å². The molecule has 0 spiro atoms. The van der Waals surface area contributed by atoms with Gasteiger partial charge in [0.05, 0.1) is 10.6 Å². The molecule has 31 heavy (non-hydrogen) atoms. The highest BCUT2D eigenvalue weighted by Crippen LogP contribution is 2.34. The number of carbonyl (C=O) groups is 1. The van der Waals surface area contributed by atoms with Crippen molar-refractivity contribution in [3.8, 4) is 11.3 Å². The van der Waals surface area contributed by atoms with Gasteiger partial charge in [-0.05, 0) is 66.6 Å². The van der Waals surface area contributed by atoms with E-state index < -0.39 is 5.97 Å². The van der Waals surface area contributed by atoms with E-state index in [-0.39, 0.29) is 5.82 Å². The lowest BCUT2D eigenvalue weighted by molar-refractivity contribution is 0.0696. The summed E-state index contributed by atoms with van der Waals surface area (Å²) in [7, 11) is 0. The van der Waals surface area contributed by atoms with E-state index in [1.165, 1.54) is 12.1 Å². The van der Waals surface area contributed by atoms with Crippen molar-refractivity contribution in [2.45, 2.75) is 13.3 Å². The number of rotatable bonds is 4. The topological polar surface area (TPSA) is 68.9 Å². The molecule has 5 rings (SSSR count). The van der Waals surface area contributed by atoms with Crippen molar-refractivity contribution < 1.29 is 14.3 Å². The summed E-state index contributed by atoms with van der Waals surface area (Å²) in [6.45, 7) is 1.79. The molecule has 0 atom stereocenters. The fourth-order valence-electron chi connectivity index (χ4n) is 3.99. The van der Waals surface area contributed by atoms with Crippen LogP contribution in [0, 0.1) is 12.7 Å². The van der Waals surface area contributed by atoms with E-state index >= 15 is 0 Å². The van der Waals surface area contributed by atoms with E-state index in [1.807, 2.05) is 36.4 Å². The molecule has 2 heterocycles. The molecule has 3 aromatic carbocycles. The molecule has 0 bridgehead atoms. The Morgan fingerprint density at radius 3 is 2.58 bits per heavy atom. The van der Waals surface area contributed by atoms with Gasteiger partial charge in [0, 0.05) is 45.2 Å². The molecule has 2 aromatic heterocycles. The minimum absolute atomic E-state index is 0.281. The average molecular weight is 433 g/mol. The predicted molar refractivity (Wildman–Crippen MR) is 122 cm³/mol. The Morgan fingerprint density at radius 2 is 1.77 bits per heavy atom. The highest BCUT2D eigenvalue weighted by molar-refractivity contribution is 6.34. The molecule has 154 valence electrons. The van der Waals surface area contributed by atoms with Crippen LogP contribution >= 0.6 is 11.6 Å². The van der Waals surface area contributed by atoms with Gasteiger partial charge in [-0.15, -0.1) is 0 Å². The number of aromatic nitrogens is 2. The summed E-state index contributed by atoms with van der Waals surface area (Å²) in [4.78, 5) is 18.1. The maximum atomic E-state index is 13.5. The van der Waals surface area contributed by atoms with E-state index in [1.54, 1.807) is 19.1 Å². The second-order valence-corrected chi connectivity index (χ2v) is 8.17. The molecule has 0 saturated heterocycles. The van der Waals surface area contributed by atoms with Gasteiger partial charge in [0.1, 0.15) is 5.82 Å². The number of aromatic amines is 2. The summed E-state index contributed by atoms with van der Waals surface area (Å²) in [5.74, 6) is -1.21. The number of carboxylic acids is 1. The molecule has 0 aliphatic rings. The van der Waals surface area contributed by atoms with E-state index in [4.69, 9.17) is 11.6 Å². The minimum Gasteiger partial charge on any atom is -0.478 e. The summed E-state index contributed by atoms with van der Waals surface area (Å²) in [5.41, 5.74) is 6.32. The van der Waals surface area contributed by atoms with Crippen LogP contribution in [0.5, 0.6) is 0 Å². The Balaban J connectivity index is 1.52. The zero-order valence-corrected chi connectivity index (χ0v) is 17.3. The molecular formula is C25H18ClFN2O2. The highest BCUT2D eigenvalue weighted by atomic mass is 35.5. The van der Waals surface area contributed by atoms with E-state index in [9.17, 15) is 14.3 Å². The van der Waals surface area contributed by atoms with Crippen LogP contribution in [-0.4, -0.2) is 21.0 Å². The molecule has 0 fully saturated rings. The number of hydrogen-bond acceptors (Lipinski definition) is 1. The van der Waals surface area contributed by atoms with E-state index in [0.29, 0.717) is 17.0 Å². The number of fused-ring (bicyclic) bond motifs is 2. The number of benzene rings is 3. The molecule has 5 aromatic rings. The average Bonchev–Trinajstić information content (AvgIpc) is 3.31. The fraction of sp³-hybridized carbons (Fsp3) is 0.0800. The van der Waals surface area contributed by atoms with Gasteiger partial charge in [-0.2, -0.15) is 0 Å². The molecule has 0 saturated carbocycles. The third-order valence-corrected chi connectivity index (χ3v) is 5.88. The molecule has 0 amide bonds. The van der Waals surface area contributed by atoms with Crippen molar-refractivity contribution in [1.82, 2.24) is 9.97 Å². The third-order valence-electron chi connectivity index (χ3n) is 5.56. The molecule has 3 N–H and O–H groups in total. The number of hydrogen-bond donors (Lipinski definition) is 3. The second-order valence-electron chi connectivity index (χ2n) is 7.76. The van der Waals surface area contributed by atoms with Gasteiger partial charge >= 0.3 is 5.97 Å². The molecule has 6 heteroatoms. The largest absolute Gasteiger partial charge is 0.478 e. The van der Waals surface area contributed by atoms with Crippen molar-refractivity contribution in [1.29, 1.82) is 0 Å². The summed E-state index contributed by atoms with van der Waals surface area (Å²) in [6, 6.07) is 17.9. The third kappa shape index (κ3) is 3.57. The molecule has 0 aliphatic carbocycles. The van der Waals surface area contributed by atoms with Gasteiger partial charge in [-0.25, -0.2) is 9.18 Å². The zero-order chi connectivity index (χ0) is 21.7. The van der Waals surface area contributed by atoms with Crippen LogP contribution in [0.1, 0.15) is 27.2 Å². The van der Waals surface area contributed by atoms with Gasteiger partial charge < -0.3 is 15.1 Å². The Kier molecular flexibility index (Phi) is 4.56. The Bertz CT molecular complexity index is 1480. The number of halogens is 2. The minimum atomic E-state index is -0.925. The zero-order valence-electron chi connectivity index (χ0n) is 16.6. The van der Waals surface area contributed by atoms with Crippen LogP contribution in [0.4, 0.5) is 4.39 Å². The van der Waals surface area contributed by atoms with E-state index in [2.05, 4.69) is 9.97 Å². The first-order valence-electron chi connectivity index (χ1n) is 9.80. The van der Waals surface area contributed by atoms with Gasteiger partial charge in [0.25, 0.3) is 0 Å². The standard InChI is InChI=1S/C25H18ClFN2O2/c1-13-2-3-14(7-19(13)25(30)31)6-18-9-16-10-20(21(26)12-23(16)28-18)24-11-15-8-17(27)4-5-22(15)29-24/h2-5,7-12,28-29H,6H2,1H3,(H,30,31).